The molecule has 4 nitrogen and oxygen atoms in total. The van der Waals surface area contributed by atoms with E-state index in [-0.39, 0.29) is 6.61 Å². The first kappa shape index (κ1) is 14.3. The summed E-state index contributed by atoms with van der Waals surface area (Å²) < 4.78 is 11.6. The molecule has 0 saturated heterocycles. The highest BCUT2D eigenvalue weighted by molar-refractivity contribution is 6.05. The number of para-hydroxylation sites is 1. The highest BCUT2D eigenvalue weighted by atomic mass is 16.5. The van der Waals surface area contributed by atoms with Crippen molar-refractivity contribution in [2.45, 2.75) is 0 Å². The van der Waals surface area contributed by atoms with Gasteiger partial charge in [0.2, 0.25) is 0 Å². The second kappa shape index (κ2) is 6.08. The topological polar surface area (TPSA) is 55.0 Å². The van der Waals surface area contributed by atoms with E-state index < -0.39 is 0 Å². The quantitative estimate of drug-likeness (QED) is 0.333. The van der Waals surface area contributed by atoms with Crippen molar-refractivity contribution >= 4 is 27.7 Å². The van der Waals surface area contributed by atoms with E-state index in [2.05, 4.69) is 5.16 Å². The van der Waals surface area contributed by atoms with Crippen molar-refractivity contribution in [3.8, 4) is 5.75 Å². The van der Waals surface area contributed by atoms with Gasteiger partial charge in [-0.15, -0.1) is 0 Å². The third-order valence-corrected chi connectivity index (χ3v) is 3.95. The van der Waals surface area contributed by atoms with E-state index in [1.54, 1.807) is 0 Å². The van der Waals surface area contributed by atoms with Crippen molar-refractivity contribution in [1.82, 2.24) is 0 Å². The predicted octanol–water partition coefficient (Wildman–Crippen LogP) is 4.84. The Kier molecular flexibility index (Phi) is 3.63. The molecule has 0 aliphatic rings. The Morgan fingerprint density at radius 1 is 0.875 bits per heavy atom. The minimum atomic E-state index is 0.182. The van der Waals surface area contributed by atoms with E-state index in [4.69, 9.17) is 9.15 Å². The molecule has 0 unspecified atom stereocenters. The van der Waals surface area contributed by atoms with Gasteiger partial charge in [-0.25, -0.2) is 0 Å². The summed E-state index contributed by atoms with van der Waals surface area (Å²) in [6.45, 7) is 0.182. The number of oxime groups is 1. The minimum absolute atomic E-state index is 0.182. The number of nitrogens with zero attached hydrogens (tertiary/aromatic N) is 1. The van der Waals surface area contributed by atoms with Crippen LogP contribution in [0.1, 0.15) is 5.56 Å². The first-order valence-electron chi connectivity index (χ1n) is 7.65. The molecule has 0 amide bonds. The zero-order chi connectivity index (χ0) is 16.4. The molecule has 0 spiro atoms. The molecule has 3 aromatic carbocycles. The van der Waals surface area contributed by atoms with Crippen molar-refractivity contribution in [1.29, 1.82) is 0 Å². The summed E-state index contributed by atoms with van der Waals surface area (Å²) in [5.41, 5.74) is 2.98. The zero-order valence-corrected chi connectivity index (χ0v) is 12.8. The van der Waals surface area contributed by atoms with Gasteiger partial charge in [-0.05, 0) is 24.3 Å². The Labute approximate surface area is 138 Å². The van der Waals surface area contributed by atoms with Crippen LogP contribution in [-0.4, -0.2) is 17.5 Å². The molecule has 4 heteroatoms. The van der Waals surface area contributed by atoms with Crippen LogP contribution in [0.2, 0.25) is 0 Å². The Bertz CT molecular complexity index is 1020. The van der Waals surface area contributed by atoms with E-state index in [1.165, 1.54) is 0 Å². The molecule has 24 heavy (non-hydrogen) atoms. The summed E-state index contributed by atoms with van der Waals surface area (Å²) in [5.74, 6) is 0.700. The smallest absolute Gasteiger partial charge is 0.135 e. The van der Waals surface area contributed by atoms with Crippen LogP contribution in [0, 0.1) is 0 Å². The van der Waals surface area contributed by atoms with Crippen molar-refractivity contribution < 1.29 is 14.4 Å². The van der Waals surface area contributed by atoms with Crippen LogP contribution in [0.25, 0.3) is 21.9 Å². The number of hydrogen-bond donors (Lipinski definition) is 1. The molecule has 0 aliphatic heterocycles. The molecule has 0 bridgehead atoms. The van der Waals surface area contributed by atoms with Crippen molar-refractivity contribution in [3.63, 3.8) is 0 Å². The van der Waals surface area contributed by atoms with E-state index in [0.717, 1.165) is 27.5 Å². The summed E-state index contributed by atoms with van der Waals surface area (Å²) in [4.78, 5) is 0. The predicted molar refractivity (Wildman–Crippen MR) is 94.0 cm³/mol. The monoisotopic (exact) mass is 317 g/mol. The molecule has 0 saturated carbocycles. The summed E-state index contributed by atoms with van der Waals surface area (Å²) in [6, 6.07) is 23.1. The largest absolute Gasteiger partial charge is 0.487 e. The maximum atomic E-state index is 9.23. The normalized spacial score (nSPS) is 11.9. The van der Waals surface area contributed by atoms with Gasteiger partial charge in [-0.3, -0.25) is 0 Å². The van der Waals surface area contributed by atoms with E-state index in [1.807, 2.05) is 72.8 Å². The van der Waals surface area contributed by atoms with Crippen molar-refractivity contribution in [2.75, 3.05) is 6.61 Å². The Morgan fingerprint density at radius 3 is 2.46 bits per heavy atom. The van der Waals surface area contributed by atoms with E-state index in [0.29, 0.717) is 11.5 Å². The van der Waals surface area contributed by atoms with E-state index in [9.17, 15) is 5.21 Å². The fourth-order valence-electron chi connectivity index (χ4n) is 2.75. The standard InChI is InChI=1S/C20H15NO3/c22-21-18(14-6-2-1-3-7-14)13-23-15-10-11-20-17(12-15)16-8-4-5-9-19(16)24-20/h1-12,22H,13H2/b21-18+. The molecule has 0 aliphatic carbocycles. The molecule has 0 radical (unpaired) electrons. The van der Waals surface area contributed by atoms with Gasteiger partial charge in [0.1, 0.15) is 29.2 Å². The molecule has 118 valence electrons. The lowest BCUT2D eigenvalue weighted by Crippen LogP contribution is -2.12. The summed E-state index contributed by atoms with van der Waals surface area (Å²) in [5, 5.41) is 14.6. The number of hydrogen-bond acceptors (Lipinski definition) is 4. The lowest BCUT2D eigenvalue weighted by Gasteiger charge is -2.08. The molecule has 4 aromatic rings. The Morgan fingerprint density at radius 2 is 1.62 bits per heavy atom. The van der Waals surface area contributed by atoms with Gasteiger partial charge in [0.15, 0.2) is 0 Å². The fraction of sp³-hybridized carbons (Fsp3) is 0.0500. The van der Waals surface area contributed by atoms with Crippen LogP contribution in [0.3, 0.4) is 0 Å². The maximum absolute atomic E-state index is 9.23. The third-order valence-electron chi connectivity index (χ3n) is 3.95. The number of fused-ring (bicyclic) bond motifs is 3. The molecule has 1 aromatic heterocycles. The average molecular weight is 317 g/mol. The number of benzene rings is 3. The van der Waals surface area contributed by atoms with Crippen molar-refractivity contribution in [2.24, 2.45) is 5.16 Å². The van der Waals surface area contributed by atoms with Crippen LogP contribution >= 0.6 is 0 Å². The van der Waals surface area contributed by atoms with Crippen molar-refractivity contribution in [3.05, 3.63) is 78.4 Å². The highest BCUT2D eigenvalue weighted by Gasteiger charge is 2.09. The van der Waals surface area contributed by atoms with Gasteiger partial charge in [0.25, 0.3) is 0 Å². The molecular weight excluding hydrogens is 302 g/mol. The van der Waals surface area contributed by atoms with Gasteiger partial charge in [0, 0.05) is 16.3 Å². The van der Waals surface area contributed by atoms with E-state index >= 15 is 0 Å². The van der Waals surface area contributed by atoms with Gasteiger partial charge >= 0.3 is 0 Å². The van der Waals surface area contributed by atoms with Gasteiger partial charge < -0.3 is 14.4 Å². The number of ether oxygens (including phenoxy) is 1. The van der Waals surface area contributed by atoms with Gasteiger partial charge in [0.05, 0.1) is 0 Å². The van der Waals surface area contributed by atoms with Crippen LogP contribution in [0.5, 0.6) is 5.75 Å². The molecule has 0 atom stereocenters. The number of rotatable bonds is 4. The Hall–Kier alpha value is -3.27. The van der Waals surface area contributed by atoms with Crippen LogP contribution in [0.4, 0.5) is 0 Å². The van der Waals surface area contributed by atoms with Crippen LogP contribution in [0.15, 0.2) is 82.4 Å². The molecule has 4 rings (SSSR count). The van der Waals surface area contributed by atoms with Crippen LogP contribution < -0.4 is 4.74 Å². The maximum Gasteiger partial charge on any atom is 0.135 e. The second-order valence-electron chi connectivity index (χ2n) is 5.46. The SMILES string of the molecule is O/N=C(\COc1ccc2oc3ccccc3c2c1)c1ccccc1. The summed E-state index contributed by atoms with van der Waals surface area (Å²) in [6.07, 6.45) is 0. The number of furan rings is 1. The molecule has 1 heterocycles. The first-order valence-corrected chi connectivity index (χ1v) is 7.65. The second-order valence-corrected chi connectivity index (χ2v) is 5.46. The highest BCUT2D eigenvalue weighted by Crippen LogP contribution is 2.31. The summed E-state index contributed by atoms with van der Waals surface area (Å²) >= 11 is 0. The lowest BCUT2D eigenvalue weighted by atomic mass is 10.1. The molecule has 0 fully saturated rings. The first-order chi connectivity index (χ1) is 11.8. The fourth-order valence-corrected chi connectivity index (χ4v) is 2.75. The Balaban J connectivity index is 1.61. The van der Waals surface area contributed by atoms with Crippen LogP contribution in [-0.2, 0) is 0 Å². The third kappa shape index (κ3) is 2.58. The molecule has 1 N–H and O–H groups in total. The average Bonchev–Trinajstić information content (AvgIpc) is 3.01. The van der Waals surface area contributed by atoms with Gasteiger partial charge in [-0.1, -0.05) is 53.7 Å². The summed E-state index contributed by atoms with van der Waals surface area (Å²) in [7, 11) is 0. The zero-order valence-electron chi connectivity index (χ0n) is 12.8. The van der Waals surface area contributed by atoms with Gasteiger partial charge in [-0.2, -0.15) is 0 Å². The molecular formula is C20H15NO3. The minimum Gasteiger partial charge on any atom is -0.487 e. The lowest BCUT2D eigenvalue weighted by molar-refractivity contribution is 0.308.